The Morgan fingerprint density at radius 1 is 1.36 bits per heavy atom. The minimum Gasteiger partial charge on any atom is -0.305 e. The first kappa shape index (κ1) is 10.6. The molecule has 2 unspecified atom stereocenters. The van der Waals surface area contributed by atoms with E-state index in [-0.39, 0.29) is 0 Å². The average Bonchev–Trinajstić information content (AvgIpc) is 1.85. The highest BCUT2D eigenvalue weighted by atomic mass is 19.4. The van der Waals surface area contributed by atoms with E-state index in [1.54, 1.807) is 0 Å². The first-order valence-electron chi connectivity index (χ1n) is 2.46. The second-order valence-corrected chi connectivity index (χ2v) is 1.57. The lowest BCUT2D eigenvalue weighted by molar-refractivity contribution is -0.338. The van der Waals surface area contributed by atoms with E-state index < -0.39 is 25.5 Å². The summed E-state index contributed by atoms with van der Waals surface area (Å²) in [5, 5.41) is 9.76. The van der Waals surface area contributed by atoms with Gasteiger partial charge in [0.05, 0.1) is 0 Å². The zero-order valence-corrected chi connectivity index (χ0v) is 5.07. The van der Waals surface area contributed by atoms with E-state index in [0.29, 0.717) is 0 Å². The van der Waals surface area contributed by atoms with Crippen molar-refractivity contribution in [2.24, 2.45) is 0 Å². The van der Waals surface area contributed by atoms with Crippen LogP contribution in [0.4, 0.5) is 22.0 Å². The maximum Gasteiger partial charge on any atom is 0.443 e. The van der Waals surface area contributed by atoms with Gasteiger partial charge >= 0.3 is 6.18 Å². The van der Waals surface area contributed by atoms with E-state index in [1.807, 2.05) is 0 Å². The smallest absolute Gasteiger partial charge is 0.305 e. The molecule has 7 heteroatoms. The first-order chi connectivity index (χ1) is 4.88. The molecule has 0 aliphatic heterocycles. The number of alkyl halides is 5. The third-order valence-corrected chi connectivity index (χ3v) is 0.660. The summed E-state index contributed by atoms with van der Waals surface area (Å²) >= 11 is 0. The minimum absolute atomic E-state index is 1.77. The Bertz CT molecular complexity index is 114. The molecule has 0 heterocycles. The topological polar surface area (TPSA) is 29.1 Å². The summed E-state index contributed by atoms with van der Waals surface area (Å²) in [6.45, 7) is -1.77. The Balaban J connectivity index is 3.77. The van der Waals surface area contributed by atoms with Gasteiger partial charge in [-0.25, -0.2) is 8.78 Å². The molecular weight excluding hydrogens is 175 g/mol. The number of rotatable bonds is 3. The van der Waals surface area contributed by atoms with E-state index in [0.717, 1.165) is 0 Å². The maximum atomic E-state index is 11.6. The predicted octanol–water partition coefficient (Wildman–Crippen LogP) is 1.59. The van der Waals surface area contributed by atoms with Gasteiger partial charge < -0.3 is 4.74 Å². The van der Waals surface area contributed by atoms with Gasteiger partial charge in [0, 0.05) is 0 Å². The van der Waals surface area contributed by atoms with Gasteiger partial charge in [-0.3, -0.25) is 0 Å². The van der Waals surface area contributed by atoms with Crippen LogP contribution in [0.2, 0.25) is 0 Å². The van der Waals surface area contributed by atoms with Crippen LogP contribution in [0.3, 0.4) is 0 Å². The van der Waals surface area contributed by atoms with Gasteiger partial charge in [-0.2, -0.15) is 18.3 Å². The molecule has 0 aliphatic carbocycles. The lowest BCUT2D eigenvalue weighted by atomic mass is 10.6. The molecule has 0 saturated heterocycles. The van der Waals surface area contributed by atoms with Crippen LogP contribution in [0.15, 0.2) is 0 Å². The standard InChI is InChI=1S/C4H4F5O2/c5-1-2(6)11-3(10)4(7,8)9/h2-3H,1H2. The molecule has 2 nitrogen and oxygen atoms in total. The second-order valence-electron chi connectivity index (χ2n) is 1.57. The maximum absolute atomic E-state index is 11.6. The molecule has 0 aromatic carbocycles. The highest BCUT2D eigenvalue weighted by Crippen LogP contribution is 2.22. The van der Waals surface area contributed by atoms with Crippen LogP contribution >= 0.6 is 0 Å². The summed E-state index contributed by atoms with van der Waals surface area (Å²) in [6.07, 6.45) is -11.5. The highest BCUT2D eigenvalue weighted by Gasteiger charge is 2.42. The van der Waals surface area contributed by atoms with Crippen LogP contribution in [-0.2, 0) is 9.84 Å². The van der Waals surface area contributed by atoms with Crippen molar-refractivity contribution in [3.05, 3.63) is 0 Å². The molecule has 0 rings (SSSR count). The molecular formula is C4H4F5O2. The van der Waals surface area contributed by atoms with Gasteiger partial charge in [0.2, 0.25) is 6.36 Å². The molecule has 1 radical (unpaired) electrons. The normalized spacial score (nSPS) is 18.0. The van der Waals surface area contributed by atoms with Crippen molar-refractivity contribution in [1.82, 2.24) is 0 Å². The predicted molar refractivity (Wildman–Crippen MR) is 22.5 cm³/mol. The summed E-state index contributed by atoms with van der Waals surface area (Å²) in [6, 6.07) is 0. The second kappa shape index (κ2) is 3.82. The van der Waals surface area contributed by atoms with E-state index in [9.17, 15) is 27.1 Å². The fourth-order valence-corrected chi connectivity index (χ4v) is 0.248. The molecule has 2 atom stereocenters. The summed E-state index contributed by atoms with van der Waals surface area (Å²) in [5.41, 5.74) is 0. The molecule has 0 fully saturated rings. The van der Waals surface area contributed by atoms with Crippen molar-refractivity contribution in [3.63, 3.8) is 0 Å². The fraction of sp³-hybridized carbons (Fsp3) is 1.00. The highest BCUT2D eigenvalue weighted by molar-refractivity contribution is 4.53. The van der Waals surface area contributed by atoms with Gasteiger partial charge in [0.15, 0.2) is 0 Å². The van der Waals surface area contributed by atoms with E-state index in [4.69, 9.17) is 0 Å². The van der Waals surface area contributed by atoms with E-state index >= 15 is 0 Å². The molecule has 0 aromatic heterocycles. The molecule has 11 heavy (non-hydrogen) atoms. The van der Waals surface area contributed by atoms with Crippen LogP contribution in [0.5, 0.6) is 0 Å². The van der Waals surface area contributed by atoms with Crippen molar-refractivity contribution in [3.8, 4) is 0 Å². The molecule has 0 aromatic rings. The zero-order chi connectivity index (χ0) is 9.07. The number of ether oxygens (including phenoxy) is 1. The largest absolute Gasteiger partial charge is 0.443 e. The van der Waals surface area contributed by atoms with Crippen molar-refractivity contribution in [1.29, 1.82) is 0 Å². The summed E-state index contributed by atoms with van der Waals surface area (Å²) in [4.78, 5) is 0. The quantitative estimate of drug-likeness (QED) is 0.477. The Morgan fingerprint density at radius 3 is 2.09 bits per heavy atom. The molecule has 67 valence electrons. The molecule has 0 amide bonds. The molecule has 0 N–H and O–H groups in total. The van der Waals surface area contributed by atoms with Crippen LogP contribution in [0, 0.1) is 0 Å². The molecule has 0 spiro atoms. The number of hydrogen-bond donors (Lipinski definition) is 0. The van der Waals surface area contributed by atoms with Crippen molar-refractivity contribution in [2.45, 2.75) is 18.8 Å². The van der Waals surface area contributed by atoms with E-state index in [2.05, 4.69) is 4.74 Å². The number of halogens is 5. The monoisotopic (exact) mass is 179 g/mol. The van der Waals surface area contributed by atoms with Crippen LogP contribution in [0.25, 0.3) is 0 Å². The van der Waals surface area contributed by atoms with Gasteiger partial charge in [0.25, 0.3) is 6.29 Å². The average molecular weight is 179 g/mol. The Hall–Kier alpha value is -0.430. The third-order valence-electron chi connectivity index (χ3n) is 0.660. The minimum atomic E-state index is -5.19. The molecule has 0 aliphatic rings. The van der Waals surface area contributed by atoms with E-state index in [1.165, 1.54) is 0 Å². The Labute approximate surface area is 58.6 Å². The summed E-state index contributed by atoms with van der Waals surface area (Å²) < 4.78 is 59.4. The van der Waals surface area contributed by atoms with Crippen molar-refractivity contribution >= 4 is 0 Å². The summed E-state index contributed by atoms with van der Waals surface area (Å²) in [7, 11) is 0. The van der Waals surface area contributed by atoms with Crippen molar-refractivity contribution in [2.75, 3.05) is 6.67 Å². The van der Waals surface area contributed by atoms with Gasteiger partial charge in [-0.15, -0.1) is 0 Å². The lowest BCUT2D eigenvalue weighted by Gasteiger charge is -2.13. The van der Waals surface area contributed by atoms with Crippen molar-refractivity contribution < 1.29 is 31.8 Å². The lowest BCUT2D eigenvalue weighted by Crippen LogP contribution is -2.33. The van der Waals surface area contributed by atoms with Gasteiger partial charge in [0.1, 0.15) is 6.67 Å². The fourth-order valence-electron chi connectivity index (χ4n) is 0.248. The van der Waals surface area contributed by atoms with Crippen LogP contribution in [-0.4, -0.2) is 25.5 Å². The van der Waals surface area contributed by atoms with Gasteiger partial charge in [-0.05, 0) is 0 Å². The van der Waals surface area contributed by atoms with Gasteiger partial charge in [-0.1, -0.05) is 0 Å². The summed E-state index contributed by atoms with van der Waals surface area (Å²) in [5.74, 6) is 0. The van der Waals surface area contributed by atoms with Crippen LogP contribution < -0.4 is 0 Å². The number of hydrogen-bond acceptors (Lipinski definition) is 1. The molecule has 0 bridgehead atoms. The SMILES string of the molecule is [O]C(OC(F)CF)C(F)(F)F. The first-order valence-corrected chi connectivity index (χ1v) is 2.46. The van der Waals surface area contributed by atoms with Crippen LogP contribution in [0.1, 0.15) is 0 Å². The molecule has 0 saturated carbocycles. The zero-order valence-electron chi connectivity index (χ0n) is 5.07. The third kappa shape index (κ3) is 4.10. The Kier molecular flexibility index (Phi) is 3.67. The Morgan fingerprint density at radius 2 is 1.82 bits per heavy atom.